The fourth-order valence-corrected chi connectivity index (χ4v) is 5.59. The smallest absolute Gasteiger partial charge is 0.324 e. The van der Waals surface area contributed by atoms with E-state index in [0.29, 0.717) is 42.0 Å². The number of aryl methyl sites for hydroxylation is 1. The minimum atomic E-state index is -4.80. The second-order valence-corrected chi connectivity index (χ2v) is 11.1. The number of alkyl halides is 3. The van der Waals surface area contributed by atoms with E-state index in [0.717, 1.165) is 31.5 Å². The average molecular weight is 653 g/mol. The van der Waals surface area contributed by atoms with Crippen LogP contribution in [0, 0.1) is 12.3 Å². The third-order valence-corrected chi connectivity index (χ3v) is 7.83. The number of aromatic nitrogens is 4. The van der Waals surface area contributed by atoms with Crippen molar-refractivity contribution in [1.29, 1.82) is 5.41 Å². The van der Waals surface area contributed by atoms with E-state index >= 15 is 0 Å². The molecular weight excluding hydrogens is 617 g/mol. The molecule has 1 amide bonds. The molecule has 46 heavy (non-hydrogen) atoms. The van der Waals surface area contributed by atoms with Crippen molar-refractivity contribution in [1.82, 2.24) is 24.8 Å². The Balaban J connectivity index is 0.00000480. The summed E-state index contributed by atoms with van der Waals surface area (Å²) in [6.45, 7) is 5.65. The van der Waals surface area contributed by atoms with Gasteiger partial charge in [-0.05, 0) is 74.7 Å². The predicted molar refractivity (Wildman–Crippen MR) is 175 cm³/mol. The van der Waals surface area contributed by atoms with Gasteiger partial charge in [-0.1, -0.05) is 31.5 Å². The molecule has 3 N–H and O–H groups in total. The molecule has 5 rings (SSSR count). The van der Waals surface area contributed by atoms with Crippen molar-refractivity contribution in [2.75, 3.05) is 30.3 Å². The summed E-state index contributed by atoms with van der Waals surface area (Å²) in [5.41, 5.74) is 1.72. The Morgan fingerprint density at radius 2 is 1.83 bits per heavy atom. The number of likely N-dealkylation sites (tertiary alicyclic amines) is 1. The standard InChI is InChI=1S/C33H35F3N8O.ClH/c1-3-7-27(37)26(19-44-14-4-5-15-44)24-8-6-9-25(30(24)33(34,35)36)31(45)41-23-11-10-21(2)29(16-23)43-32-40-13-12-28(42-32)22-17-38-20-39-18-22;/h6,8-13,16-18,20,26,37H,3-5,7,14-15,19H2,1-2H3,(H,41,45)(H,40,42,43);1H/t26-;/m1./s1. The first-order chi connectivity index (χ1) is 21.6. The number of hydrogen-bond donors (Lipinski definition) is 3. The van der Waals surface area contributed by atoms with Crippen LogP contribution in [-0.4, -0.2) is 56.1 Å². The monoisotopic (exact) mass is 652 g/mol. The highest BCUT2D eigenvalue weighted by atomic mass is 35.5. The van der Waals surface area contributed by atoms with Gasteiger partial charge in [-0.15, -0.1) is 12.4 Å². The molecule has 0 radical (unpaired) electrons. The van der Waals surface area contributed by atoms with E-state index in [1.807, 2.05) is 13.8 Å². The van der Waals surface area contributed by atoms with E-state index in [2.05, 4.69) is 35.5 Å². The van der Waals surface area contributed by atoms with E-state index in [1.165, 1.54) is 24.5 Å². The molecule has 1 fully saturated rings. The molecule has 1 saturated heterocycles. The van der Waals surface area contributed by atoms with Crippen molar-refractivity contribution in [3.05, 3.63) is 89.6 Å². The maximum atomic E-state index is 14.7. The normalized spacial score (nSPS) is 13.9. The Kier molecular flexibility index (Phi) is 11.4. The number of nitrogens with zero attached hydrogens (tertiary/aromatic N) is 5. The average Bonchev–Trinajstić information content (AvgIpc) is 3.55. The van der Waals surface area contributed by atoms with E-state index < -0.39 is 29.1 Å². The van der Waals surface area contributed by atoms with Crippen LogP contribution in [0.3, 0.4) is 0 Å². The molecule has 2 aromatic carbocycles. The fourth-order valence-electron chi connectivity index (χ4n) is 5.59. The van der Waals surface area contributed by atoms with Gasteiger partial charge in [0.2, 0.25) is 5.95 Å². The molecule has 1 aliphatic heterocycles. The van der Waals surface area contributed by atoms with Crippen LogP contribution >= 0.6 is 12.4 Å². The maximum absolute atomic E-state index is 14.7. The third-order valence-electron chi connectivity index (χ3n) is 7.83. The Hall–Kier alpha value is -4.42. The van der Waals surface area contributed by atoms with E-state index in [9.17, 15) is 18.0 Å². The first-order valence-corrected chi connectivity index (χ1v) is 14.9. The SMILES string of the molecule is CCCC(=N)[C@H](CN1CCCC1)c1cccc(C(=O)Nc2ccc(C)c(Nc3nccc(-c4cncnc4)n3)c2)c1C(F)(F)F.Cl. The zero-order valence-electron chi connectivity index (χ0n) is 25.6. The maximum Gasteiger partial charge on any atom is 0.417 e. The number of carbonyl (C=O) groups excluding carboxylic acids is 1. The zero-order chi connectivity index (χ0) is 32.0. The van der Waals surface area contributed by atoms with Gasteiger partial charge in [0.05, 0.1) is 16.8 Å². The van der Waals surface area contributed by atoms with Crippen molar-refractivity contribution < 1.29 is 18.0 Å². The first kappa shape index (κ1) is 34.5. The molecule has 4 aromatic rings. The number of hydrogen-bond acceptors (Lipinski definition) is 8. The number of anilines is 3. The van der Waals surface area contributed by atoms with Gasteiger partial charge in [-0.25, -0.2) is 19.9 Å². The van der Waals surface area contributed by atoms with Crippen molar-refractivity contribution in [3.63, 3.8) is 0 Å². The third kappa shape index (κ3) is 8.24. The Morgan fingerprint density at radius 1 is 1.09 bits per heavy atom. The van der Waals surface area contributed by atoms with Gasteiger partial charge < -0.3 is 20.9 Å². The molecule has 0 spiro atoms. The van der Waals surface area contributed by atoms with Gasteiger partial charge in [0, 0.05) is 53.7 Å². The van der Waals surface area contributed by atoms with Gasteiger partial charge in [0.15, 0.2) is 0 Å². The van der Waals surface area contributed by atoms with E-state index in [-0.39, 0.29) is 29.6 Å². The lowest BCUT2D eigenvalue weighted by Crippen LogP contribution is -2.32. The Morgan fingerprint density at radius 3 is 2.52 bits per heavy atom. The lowest BCUT2D eigenvalue weighted by molar-refractivity contribution is -0.138. The molecule has 3 heterocycles. The highest BCUT2D eigenvalue weighted by Gasteiger charge is 2.40. The van der Waals surface area contributed by atoms with Gasteiger partial charge in [-0.2, -0.15) is 13.2 Å². The number of benzene rings is 2. The second-order valence-electron chi connectivity index (χ2n) is 11.1. The molecule has 2 aromatic heterocycles. The number of rotatable bonds is 11. The molecule has 242 valence electrons. The first-order valence-electron chi connectivity index (χ1n) is 14.9. The summed E-state index contributed by atoms with van der Waals surface area (Å²) in [6, 6.07) is 10.8. The van der Waals surface area contributed by atoms with Crippen LogP contribution < -0.4 is 10.6 Å². The molecule has 1 aliphatic rings. The number of halogens is 4. The lowest BCUT2D eigenvalue weighted by Gasteiger charge is -2.28. The summed E-state index contributed by atoms with van der Waals surface area (Å²) in [5, 5.41) is 14.5. The second kappa shape index (κ2) is 15.2. The summed E-state index contributed by atoms with van der Waals surface area (Å²) < 4.78 is 44.2. The van der Waals surface area contributed by atoms with E-state index in [4.69, 9.17) is 5.41 Å². The van der Waals surface area contributed by atoms with Crippen LogP contribution in [0.2, 0.25) is 0 Å². The number of amides is 1. The molecule has 0 aliphatic carbocycles. The van der Waals surface area contributed by atoms with Crippen LogP contribution in [0.4, 0.5) is 30.5 Å². The predicted octanol–water partition coefficient (Wildman–Crippen LogP) is 7.68. The molecule has 0 unspecified atom stereocenters. The molecular formula is C33H36ClF3N8O. The van der Waals surface area contributed by atoms with Crippen LogP contribution in [0.5, 0.6) is 0 Å². The summed E-state index contributed by atoms with van der Waals surface area (Å²) in [7, 11) is 0. The summed E-state index contributed by atoms with van der Waals surface area (Å²) in [6.07, 6.45) is 4.47. The lowest BCUT2D eigenvalue weighted by atomic mass is 9.85. The zero-order valence-corrected chi connectivity index (χ0v) is 26.4. The topological polar surface area (TPSA) is 120 Å². The number of carbonyl (C=O) groups is 1. The highest BCUT2D eigenvalue weighted by molar-refractivity contribution is 6.06. The van der Waals surface area contributed by atoms with Crippen LogP contribution in [0.1, 0.15) is 65.6 Å². The van der Waals surface area contributed by atoms with E-state index in [1.54, 1.807) is 42.9 Å². The molecule has 13 heteroatoms. The van der Waals surface area contributed by atoms with Crippen molar-refractivity contribution in [3.8, 4) is 11.3 Å². The molecule has 9 nitrogen and oxygen atoms in total. The van der Waals surface area contributed by atoms with Crippen LogP contribution in [0.15, 0.2) is 67.4 Å². The Labute approximate surface area is 272 Å². The minimum Gasteiger partial charge on any atom is -0.324 e. The summed E-state index contributed by atoms with van der Waals surface area (Å²) >= 11 is 0. The van der Waals surface area contributed by atoms with Crippen molar-refractivity contribution in [2.24, 2.45) is 0 Å². The van der Waals surface area contributed by atoms with Gasteiger partial charge in [-0.3, -0.25) is 4.79 Å². The fraction of sp³-hybridized carbons (Fsp3) is 0.333. The van der Waals surface area contributed by atoms with Gasteiger partial charge in [0.1, 0.15) is 6.33 Å². The van der Waals surface area contributed by atoms with Crippen molar-refractivity contribution in [2.45, 2.75) is 51.6 Å². The van der Waals surface area contributed by atoms with Crippen LogP contribution in [0.25, 0.3) is 11.3 Å². The largest absolute Gasteiger partial charge is 0.417 e. The number of nitrogens with one attached hydrogen (secondary N) is 3. The highest BCUT2D eigenvalue weighted by Crippen LogP contribution is 2.39. The summed E-state index contributed by atoms with van der Waals surface area (Å²) in [5.74, 6) is -1.36. The van der Waals surface area contributed by atoms with Crippen LogP contribution in [-0.2, 0) is 6.18 Å². The molecule has 1 atom stereocenters. The van der Waals surface area contributed by atoms with Gasteiger partial charge in [0.25, 0.3) is 5.91 Å². The van der Waals surface area contributed by atoms with Gasteiger partial charge >= 0.3 is 6.18 Å². The molecule has 0 saturated carbocycles. The summed E-state index contributed by atoms with van der Waals surface area (Å²) in [4.78, 5) is 32.4. The Bertz CT molecular complexity index is 1660. The minimum absolute atomic E-state index is 0. The molecule has 0 bridgehead atoms. The van der Waals surface area contributed by atoms with Crippen molar-refractivity contribution >= 4 is 41.3 Å². The quantitative estimate of drug-likeness (QED) is 0.142.